The molecule has 2 aromatic carbocycles. The summed E-state index contributed by atoms with van der Waals surface area (Å²) in [5, 5.41) is 9.99. The number of nitrogens with zero attached hydrogens (tertiary/aromatic N) is 1. The first-order valence-electron chi connectivity index (χ1n) is 8.05. The number of pyridine rings is 1. The van der Waals surface area contributed by atoms with Gasteiger partial charge in [0, 0.05) is 17.0 Å². The predicted octanol–water partition coefficient (Wildman–Crippen LogP) is 3.97. The second-order valence-corrected chi connectivity index (χ2v) is 5.75. The number of aromatic carboxylic acids is 1. The van der Waals surface area contributed by atoms with Crippen LogP contribution >= 0.6 is 0 Å². The summed E-state index contributed by atoms with van der Waals surface area (Å²) >= 11 is 0. The molecule has 0 aliphatic carbocycles. The summed E-state index contributed by atoms with van der Waals surface area (Å²) in [4.78, 5) is 16.2. The number of carboxylic acid groups (broad SMARTS) is 1. The fourth-order valence-electron chi connectivity index (χ4n) is 2.95. The Balaban J connectivity index is 1.94. The van der Waals surface area contributed by atoms with E-state index in [1.54, 1.807) is 24.3 Å². The quantitative estimate of drug-likeness (QED) is 0.746. The lowest BCUT2D eigenvalue weighted by Crippen LogP contribution is -2.15. The van der Waals surface area contributed by atoms with E-state index in [-0.39, 0.29) is 22.6 Å². The molecule has 1 aliphatic heterocycles. The molecular formula is C19H13F2NO5. The maximum absolute atomic E-state index is 12.7. The van der Waals surface area contributed by atoms with Crippen LogP contribution in [0.25, 0.3) is 22.2 Å². The first-order chi connectivity index (χ1) is 13.0. The maximum Gasteiger partial charge on any atom is 0.387 e. The van der Waals surface area contributed by atoms with Crippen molar-refractivity contribution in [3.8, 4) is 28.5 Å². The lowest BCUT2D eigenvalue weighted by atomic mass is 10.0. The molecule has 27 heavy (non-hydrogen) atoms. The third-order valence-electron chi connectivity index (χ3n) is 4.08. The van der Waals surface area contributed by atoms with Gasteiger partial charge in [-0.05, 0) is 24.3 Å². The highest BCUT2D eigenvalue weighted by atomic mass is 19.3. The largest absolute Gasteiger partial charge is 0.486 e. The van der Waals surface area contributed by atoms with E-state index in [0.29, 0.717) is 35.6 Å². The van der Waals surface area contributed by atoms with Gasteiger partial charge in [-0.25, -0.2) is 9.78 Å². The van der Waals surface area contributed by atoms with Crippen LogP contribution in [-0.2, 0) is 0 Å². The number of ether oxygens (including phenoxy) is 3. The molecule has 0 amide bonds. The van der Waals surface area contributed by atoms with Gasteiger partial charge in [0.25, 0.3) is 0 Å². The molecule has 0 unspecified atom stereocenters. The van der Waals surface area contributed by atoms with E-state index in [9.17, 15) is 18.7 Å². The highest BCUT2D eigenvalue weighted by Crippen LogP contribution is 2.38. The van der Waals surface area contributed by atoms with Gasteiger partial charge in [-0.15, -0.1) is 0 Å². The van der Waals surface area contributed by atoms with Crippen LogP contribution in [0.5, 0.6) is 17.2 Å². The average molecular weight is 373 g/mol. The van der Waals surface area contributed by atoms with Crippen molar-refractivity contribution >= 4 is 16.9 Å². The van der Waals surface area contributed by atoms with Gasteiger partial charge < -0.3 is 19.3 Å². The van der Waals surface area contributed by atoms with E-state index < -0.39 is 12.6 Å². The maximum atomic E-state index is 12.7. The zero-order valence-corrected chi connectivity index (χ0v) is 13.8. The lowest BCUT2D eigenvalue weighted by Gasteiger charge is -2.19. The summed E-state index contributed by atoms with van der Waals surface area (Å²) in [6.07, 6.45) is 0. The Hall–Kier alpha value is -3.42. The fraction of sp³-hybridized carbons (Fsp3) is 0.158. The summed E-state index contributed by atoms with van der Waals surface area (Å²) in [6, 6.07) is 10.6. The highest BCUT2D eigenvalue weighted by Gasteiger charge is 2.20. The van der Waals surface area contributed by atoms with Crippen molar-refractivity contribution in [3.63, 3.8) is 0 Å². The minimum atomic E-state index is -3.01. The third kappa shape index (κ3) is 3.21. The van der Waals surface area contributed by atoms with Crippen molar-refractivity contribution in [2.24, 2.45) is 0 Å². The van der Waals surface area contributed by atoms with E-state index in [1.807, 2.05) is 0 Å². The van der Waals surface area contributed by atoms with Gasteiger partial charge in [0.2, 0.25) is 0 Å². The second kappa shape index (κ2) is 6.71. The number of hydrogen-bond donors (Lipinski definition) is 1. The van der Waals surface area contributed by atoms with Crippen LogP contribution in [-0.4, -0.2) is 35.9 Å². The van der Waals surface area contributed by atoms with Gasteiger partial charge in [-0.1, -0.05) is 12.1 Å². The monoisotopic (exact) mass is 373 g/mol. The summed E-state index contributed by atoms with van der Waals surface area (Å²) in [5.41, 5.74) is 0.782. The molecule has 6 nitrogen and oxygen atoms in total. The molecule has 0 bridgehead atoms. The zero-order chi connectivity index (χ0) is 19.0. The van der Waals surface area contributed by atoms with E-state index in [0.717, 1.165) is 0 Å². The number of carboxylic acids is 1. The Morgan fingerprint density at radius 2 is 1.81 bits per heavy atom. The number of para-hydroxylation sites is 1. The molecule has 0 spiro atoms. The van der Waals surface area contributed by atoms with Crippen LogP contribution in [0.15, 0.2) is 42.5 Å². The summed E-state index contributed by atoms with van der Waals surface area (Å²) in [5.74, 6) is -0.375. The normalized spacial score (nSPS) is 13.0. The molecular weight excluding hydrogens is 360 g/mol. The SMILES string of the molecule is O=C(O)c1cc(-c2ccccc2OC(F)F)nc2cc3c(cc12)OCCO3. The van der Waals surface area contributed by atoms with Crippen LogP contribution in [0.2, 0.25) is 0 Å². The van der Waals surface area contributed by atoms with Crippen molar-refractivity contribution in [1.29, 1.82) is 0 Å². The number of carbonyl (C=O) groups is 1. The number of hydrogen-bond acceptors (Lipinski definition) is 5. The Kier molecular flexibility index (Phi) is 4.23. The molecule has 0 saturated carbocycles. The number of fused-ring (bicyclic) bond motifs is 2. The Bertz CT molecular complexity index is 1040. The minimum Gasteiger partial charge on any atom is -0.486 e. The van der Waals surface area contributed by atoms with Crippen LogP contribution in [0.4, 0.5) is 8.78 Å². The van der Waals surface area contributed by atoms with Crippen LogP contribution in [0.3, 0.4) is 0 Å². The minimum absolute atomic E-state index is 0.0289. The molecule has 0 radical (unpaired) electrons. The van der Waals surface area contributed by atoms with Crippen molar-refractivity contribution < 1.29 is 32.9 Å². The number of halogens is 2. The smallest absolute Gasteiger partial charge is 0.387 e. The van der Waals surface area contributed by atoms with Crippen LogP contribution in [0.1, 0.15) is 10.4 Å². The van der Waals surface area contributed by atoms with Gasteiger partial charge in [0.1, 0.15) is 19.0 Å². The van der Waals surface area contributed by atoms with E-state index in [1.165, 1.54) is 18.2 Å². The molecule has 3 aromatic rings. The molecule has 4 rings (SSSR count). The molecule has 0 saturated heterocycles. The Labute approximate surface area is 151 Å². The number of aromatic nitrogens is 1. The topological polar surface area (TPSA) is 77.9 Å². The molecule has 0 fully saturated rings. The molecule has 2 heterocycles. The summed E-state index contributed by atoms with van der Waals surface area (Å²) in [6.45, 7) is -2.28. The highest BCUT2D eigenvalue weighted by molar-refractivity contribution is 6.04. The summed E-state index contributed by atoms with van der Waals surface area (Å²) in [7, 11) is 0. The van der Waals surface area contributed by atoms with E-state index in [2.05, 4.69) is 9.72 Å². The van der Waals surface area contributed by atoms with Gasteiger partial charge in [0.15, 0.2) is 11.5 Å². The van der Waals surface area contributed by atoms with Gasteiger partial charge in [-0.2, -0.15) is 8.78 Å². The van der Waals surface area contributed by atoms with Crippen LogP contribution < -0.4 is 14.2 Å². The third-order valence-corrected chi connectivity index (χ3v) is 4.08. The van der Waals surface area contributed by atoms with Crippen molar-refractivity contribution in [2.45, 2.75) is 6.61 Å². The molecule has 1 aliphatic rings. The number of alkyl halides is 2. The first kappa shape index (κ1) is 17.0. The first-order valence-corrected chi connectivity index (χ1v) is 8.05. The second-order valence-electron chi connectivity index (χ2n) is 5.75. The molecule has 8 heteroatoms. The van der Waals surface area contributed by atoms with Crippen molar-refractivity contribution in [3.05, 3.63) is 48.0 Å². The van der Waals surface area contributed by atoms with Crippen LogP contribution in [0, 0.1) is 0 Å². The zero-order valence-electron chi connectivity index (χ0n) is 13.8. The fourth-order valence-corrected chi connectivity index (χ4v) is 2.95. The Morgan fingerprint density at radius 3 is 2.52 bits per heavy atom. The van der Waals surface area contributed by atoms with Crippen molar-refractivity contribution in [1.82, 2.24) is 4.98 Å². The predicted molar refractivity (Wildman–Crippen MR) is 91.8 cm³/mol. The lowest BCUT2D eigenvalue weighted by molar-refractivity contribution is -0.0494. The molecule has 1 N–H and O–H groups in total. The summed E-state index contributed by atoms with van der Waals surface area (Å²) < 4.78 is 40.9. The molecule has 0 atom stereocenters. The van der Waals surface area contributed by atoms with Gasteiger partial charge >= 0.3 is 12.6 Å². The number of benzene rings is 2. The van der Waals surface area contributed by atoms with Gasteiger partial charge in [-0.3, -0.25) is 0 Å². The molecule has 138 valence electrons. The Morgan fingerprint density at radius 1 is 1.11 bits per heavy atom. The number of rotatable bonds is 4. The van der Waals surface area contributed by atoms with E-state index in [4.69, 9.17) is 9.47 Å². The van der Waals surface area contributed by atoms with Crippen molar-refractivity contribution in [2.75, 3.05) is 13.2 Å². The molecule has 1 aromatic heterocycles. The standard InChI is InChI=1S/C19H13F2NO5/c20-19(21)27-15-4-2-1-3-10(15)13-7-12(18(23)24)11-8-16-17(9-14(11)22-13)26-6-5-25-16/h1-4,7-9,19H,5-6H2,(H,23,24). The average Bonchev–Trinajstić information content (AvgIpc) is 2.65. The van der Waals surface area contributed by atoms with E-state index >= 15 is 0 Å². The van der Waals surface area contributed by atoms with Gasteiger partial charge in [0.05, 0.1) is 16.8 Å².